The van der Waals surface area contributed by atoms with Gasteiger partial charge in [-0.15, -0.1) is 0 Å². The molecule has 9 heteroatoms. The van der Waals surface area contributed by atoms with Gasteiger partial charge in [0.2, 0.25) is 0 Å². The normalized spacial score (nSPS) is 15.1. The van der Waals surface area contributed by atoms with Crippen LogP contribution >= 0.6 is 35.4 Å². The average Bonchev–Trinajstić information content (AvgIpc) is 2.76. The summed E-state index contributed by atoms with van der Waals surface area (Å²) >= 11 is 17.1. The van der Waals surface area contributed by atoms with E-state index < -0.39 is 11.8 Å². The standard InChI is InChI=1S/C23H14Cl2N2O4S/c24-14-10-13(20(28)19(25)12-14)11-18-21(29)26-23(32)27(22(18)30)15-6-8-17(9-7-15)31-16-4-2-1-3-5-16/h1-12,28H,(H,26,29,32). The molecule has 0 spiro atoms. The summed E-state index contributed by atoms with van der Waals surface area (Å²) in [6, 6.07) is 18.6. The van der Waals surface area contributed by atoms with Gasteiger partial charge >= 0.3 is 0 Å². The van der Waals surface area contributed by atoms with E-state index >= 15 is 0 Å². The minimum atomic E-state index is -0.698. The smallest absolute Gasteiger partial charge is 0.270 e. The first-order valence-electron chi connectivity index (χ1n) is 9.26. The van der Waals surface area contributed by atoms with E-state index in [2.05, 4.69) is 5.32 Å². The average molecular weight is 485 g/mol. The molecule has 1 aliphatic rings. The number of thiocarbonyl (C=S) groups is 1. The van der Waals surface area contributed by atoms with Gasteiger partial charge in [0.1, 0.15) is 22.8 Å². The summed E-state index contributed by atoms with van der Waals surface area (Å²) in [4.78, 5) is 26.8. The minimum absolute atomic E-state index is 0.00519. The van der Waals surface area contributed by atoms with Crippen molar-refractivity contribution in [2.24, 2.45) is 0 Å². The van der Waals surface area contributed by atoms with E-state index in [0.717, 1.165) is 0 Å². The van der Waals surface area contributed by atoms with Crippen LogP contribution in [0.1, 0.15) is 5.56 Å². The Bertz CT molecular complexity index is 1260. The largest absolute Gasteiger partial charge is 0.506 e. The molecule has 1 heterocycles. The molecule has 0 atom stereocenters. The first-order chi connectivity index (χ1) is 15.3. The van der Waals surface area contributed by atoms with E-state index in [1.807, 2.05) is 30.3 Å². The topological polar surface area (TPSA) is 78.9 Å². The molecule has 0 bridgehead atoms. The summed E-state index contributed by atoms with van der Waals surface area (Å²) in [5, 5.41) is 12.8. The Morgan fingerprint density at radius 3 is 2.31 bits per heavy atom. The van der Waals surface area contributed by atoms with E-state index in [0.29, 0.717) is 17.2 Å². The van der Waals surface area contributed by atoms with Gasteiger partial charge in [-0.1, -0.05) is 41.4 Å². The molecule has 32 heavy (non-hydrogen) atoms. The second-order valence-electron chi connectivity index (χ2n) is 6.69. The van der Waals surface area contributed by atoms with Crippen molar-refractivity contribution in [2.75, 3.05) is 4.90 Å². The number of aromatic hydroxyl groups is 1. The number of rotatable bonds is 4. The number of anilines is 1. The van der Waals surface area contributed by atoms with Gasteiger partial charge in [0.25, 0.3) is 11.8 Å². The number of phenolic OH excluding ortho intramolecular Hbond substituents is 1. The number of nitrogens with one attached hydrogen (secondary N) is 1. The molecule has 1 saturated heterocycles. The lowest BCUT2D eigenvalue weighted by molar-refractivity contribution is -0.122. The molecule has 2 amide bonds. The van der Waals surface area contributed by atoms with Crippen LogP contribution in [0.25, 0.3) is 6.08 Å². The van der Waals surface area contributed by atoms with Gasteiger partial charge in [0, 0.05) is 10.6 Å². The number of nitrogens with zero attached hydrogens (tertiary/aromatic N) is 1. The molecule has 1 aliphatic heterocycles. The Labute approximate surface area is 198 Å². The van der Waals surface area contributed by atoms with Crippen LogP contribution in [0.3, 0.4) is 0 Å². The van der Waals surface area contributed by atoms with Gasteiger partial charge in [-0.3, -0.25) is 19.8 Å². The minimum Gasteiger partial charge on any atom is -0.506 e. The zero-order valence-corrected chi connectivity index (χ0v) is 18.5. The molecule has 1 fully saturated rings. The maximum absolute atomic E-state index is 13.1. The fourth-order valence-electron chi connectivity index (χ4n) is 3.03. The lowest BCUT2D eigenvalue weighted by atomic mass is 10.1. The Hall–Kier alpha value is -3.39. The predicted octanol–water partition coefficient (Wildman–Crippen LogP) is 5.32. The number of halogens is 2. The van der Waals surface area contributed by atoms with Crippen molar-refractivity contribution in [1.82, 2.24) is 5.32 Å². The van der Waals surface area contributed by atoms with Crippen LogP contribution in [0.15, 0.2) is 72.3 Å². The molecular formula is C23H14Cl2N2O4S. The molecular weight excluding hydrogens is 471 g/mol. The maximum atomic E-state index is 13.1. The van der Waals surface area contributed by atoms with Gasteiger partial charge < -0.3 is 9.84 Å². The Morgan fingerprint density at radius 2 is 1.62 bits per heavy atom. The summed E-state index contributed by atoms with van der Waals surface area (Å²) in [5.74, 6) is -0.427. The first-order valence-corrected chi connectivity index (χ1v) is 10.4. The highest BCUT2D eigenvalue weighted by molar-refractivity contribution is 7.80. The van der Waals surface area contributed by atoms with Gasteiger partial charge in [-0.05, 0) is 66.8 Å². The van der Waals surface area contributed by atoms with Crippen molar-refractivity contribution in [2.45, 2.75) is 0 Å². The lowest BCUT2D eigenvalue weighted by Crippen LogP contribution is -2.54. The lowest BCUT2D eigenvalue weighted by Gasteiger charge is -2.29. The second kappa shape index (κ2) is 9.00. The third-order valence-corrected chi connectivity index (χ3v) is 5.32. The van der Waals surface area contributed by atoms with Crippen LogP contribution < -0.4 is 15.0 Å². The number of carbonyl (C=O) groups is 2. The molecule has 3 aromatic rings. The molecule has 0 unspecified atom stereocenters. The summed E-state index contributed by atoms with van der Waals surface area (Å²) in [7, 11) is 0. The number of phenols is 1. The van der Waals surface area contributed by atoms with E-state index in [-0.39, 0.29) is 32.0 Å². The predicted molar refractivity (Wildman–Crippen MR) is 127 cm³/mol. The van der Waals surface area contributed by atoms with Crippen molar-refractivity contribution in [1.29, 1.82) is 0 Å². The highest BCUT2D eigenvalue weighted by atomic mass is 35.5. The number of carbonyl (C=O) groups excluding carboxylic acids is 2. The van der Waals surface area contributed by atoms with Crippen molar-refractivity contribution in [3.05, 3.63) is 87.9 Å². The van der Waals surface area contributed by atoms with E-state index in [1.165, 1.54) is 23.1 Å². The van der Waals surface area contributed by atoms with E-state index in [1.54, 1.807) is 24.3 Å². The Kier molecular flexibility index (Phi) is 6.14. The third-order valence-electron chi connectivity index (χ3n) is 4.53. The summed E-state index contributed by atoms with van der Waals surface area (Å²) in [6.45, 7) is 0. The molecule has 0 aliphatic carbocycles. The van der Waals surface area contributed by atoms with Gasteiger partial charge in [-0.25, -0.2) is 0 Å². The van der Waals surface area contributed by atoms with Crippen molar-refractivity contribution >= 4 is 64.1 Å². The van der Waals surface area contributed by atoms with Crippen LogP contribution in [0.5, 0.6) is 17.2 Å². The zero-order chi connectivity index (χ0) is 22.8. The highest BCUT2D eigenvalue weighted by Crippen LogP contribution is 2.33. The van der Waals surface area contributed by atoms with E-state index in [4.69, 9.17) is 40.2 Å². The maximum Gasteiger partial charge on any atom is 0.270 e. The van der Waals surface area contributed by atoms with Gasteiger partial charge in [0.15, 0.2) is 5.11 Å². The number of benzene rings is 3. The zero-order valence-electron chi connectivity index (χ0n) is 16.2. The number of para-hydroxylation sites is 1. The van der Waals surface area contributed by atoms with Crippen LogP contribution in [0.4, 0.5) is 5.69 Å². The van der Waals surface area contributed by atoms with Crippen LogP contribution in [-0.2, 0) is 9.59 Å². The number of ether oxygens (including phenoxy) is 1. The van der Waals surface area contributed by atoms with Gasteiger partial charge in [0.05, 0.1) is 10.7 Å². The SMILES string of the molecule is O=C1NC(=S)N(c2ccc(Oc3ccccc3)cc2)C(=O)C1=Cc1cc(Cl)cc(Cl)c1O. The van der Waals surface area contributed by atoms with Crippen molar-refractivity contribution in [3.8, 4) is 17.2 Å². The Morgan fingerprint density at radius 1 is 0.969 bits per heavy atom. The van der Waals surface area contributed by atoms with E-state index in [9.17, 15) is 14.7 Å². The van der Waals surface area contributed by atoms with Crippen LogP contribution in [0.2, 0.25) is 10.0 Å². The van der Waals surface area contributed by atoms with Gasteiger partial charge in [-0.2, -0.15) is 0 Å². The third kappa shape index (κ3) is 4.45. The first kappa shape index (κ1) is 21.8. The fraction of sp³-hybridized carbons (Fsp3) is 0. The summed E-state index contributed by atoms with van der Waals surface area (Å²) in [6.07, 6.45) is 1.21. The highest BCUT2D eigenvalue weighted by Gasteiger charge is 2.34. The molecule has 160 valence electrons. The fourth-order valence-corrected chi connectivity index (χ4v) is 3.82. The summed E-state index contributed by atoms with van der Waals surface area (Å²) < 4.78 is 5.76. The molecule has 0 aromatic heterocycles. The Balaban J connectivity index is 1.64. The molecule has 0 radical (unpaired) electrons. The molecule has 6 nitrogen and oxygen atoms in total. The van der Waals surface area contributed by atoms with Crippen LogP contribution in [0, 0.1) is 0 Å². The molecule has 4 rings (SSSR count). The number of hydrogen-bond donors (Lipinski definition) is 2. The van der Waals surface area contributed by atoms with Crippen molar-refractivity contribution in [3.63, 3.8) is 0 Å². The molecule has 2 N–H and O–H groups in total. The number of amides is 2. The molecule has 0 saturated carbocycles. The second-order valence-corrected chi connectivity index (χ2v) is 7.92. The summed E-state index contributed by atoms with van der Waals surface area (Å²) in [5.41, 5.74) is 0.317. The quantitative estimate of drug-likeness (QED) is 0.297. The monoisotopic (exact) mass is 484 g/mol. The van der Waals surface area contributed by atoms with Crippen molar-refractivity contribution < 1.29 is 19.4 Å². The molecule has 3 aromatic carbocycles. The van der Waals surface area contributed by atoms with Crippen LogP contribution in [-0.4, -0.2) is 22.0 Å². The number of hydrogen-bond acceptors (Lipinski definition) is 5.